The summed E-state index contributed by atoms with van der Waals surface area (Å²) in [6, 6.07) is 8.00. The zero-order valence-corrected chi connectivity index (χ0v) is 16.5. The first-order chi connectivity index (χ1) is 12.2. The standard InChI is InChI=1S/C16H25BrO7S/c17-6-7-20-8-9-21-10-11-22-12-13-23-14-15-24-25(18,19)16-4-2-1-3-5-16/h1-5H,6-15H2. The van der Waals surface area contributed by atoms with Gasteiger partial charge in [0.25, 0.3) is 10.1 Å². The SMILES string of the molecule is O=S(=O)(OCCOCCOCCOCCOCCBr)c1ccccc1. The monoisotopic (exact) mass is 440 g/mol. The lowest BCUT2D eigenvalue weighted by Gasteiger charge is -2.08. The highest BCUT2D eigenvalue weighted by molar-refractivity contribution is 9.09. The Labute approximate surface area is 157 Å². The number of rotatable bonds is 16. The van der Waals surface area contributed by atoms with Gasteiger partial charge >= 0.3 is 0 Å². The fraction of sp³-hybridized carbons (Fsp3) is 0.625. The number of alkyl halides is 1. The summed E-state index contributed by atoms with van der Waals surface area (Å²) < 4.78 is 49.7. The Morgan fingerprint density at radius 3 is 1.60 bits per heavy atom. The van der Waals surface area contributed by atoms with Crippen LogP contribution in [0.2, 0.25) is 0 Å². The smallest absolute Gasteiger partial charge is 0.297 e. The first-order valence-electron chi connectivity index (χ1n) is 7.98. The molecule has 0 atom stereocenters. The third kappa shape index (κ3) is 11.6. The Balaban J connectivity index is 1.89. The summed E-state index contributed by atoms with van der Waals surface area (Å²) in [5.74, 6) is 0. The van der Waals surface area contributed by atoms with Crippen LogP contribution in [0.1, 0.15) is 0 Å². The second kappa shape index (κ2) is 14.6. The van der Waals surface area contributed by atoms with Crippen molar-refractivity contribution in [1.29, 1.82) is 0 Å². The van der Waals surface area contributed by atoms with E-state index in [0.29, 0.717) is 46.2 Å². The van der Waals surface area contributed by atoms with Gasteiger partial charge in [0.1, 0.15) is 0 Å². The van der Waals surface area contributed by atoms with Crippen molar-refractivity contribution in [3.63, 3.8) is 0 Å². The Morgan fingerprint density at radius 2 is 1.12 bits per heavy atom. The number of hydrogen-bond acceptors (Lipinski definition) is 7. The highest BCUT2D eigenvalue weighted by Gasteiger charge is 2.13. The van der Waals surface area contributed by atoms with Crippen molar-refractivity contribution in [3.05, 3.63) is 30.3 Å². The van der Waals surface area contributed by atoms with Gasteiger partial charge in [0, 0.05) is 5.33 Å². The van der Waals surface area contributed by atoms with E-state index in [-0.39, 0.29) is 18.1 Å². The average molecular weight is 441 g/mol. The van der Waals surface area contributed by atoms with E-state index in [2.05, 4.69) is 15.9 Å². The number of halogens is 1. The molecule has 0 radical (unpaired) electrons. The van der Waals surface area contributed by atoms with E-state index in [9.17, 15) is 8.42 Å². The van der Waals surface area contributed by atoms with Crippen LogP contribution in [0.15, 0.2) is 35.2 Å². The van der Waals surface area contributed by atoms with Crippen molar-refractivity contribution < 1.29 is 31.5 Å². The van der Waals surface area contributed by atoms with E-state index in [0.717, 1.165) is 5.33 Å². The third-order valence-electron chi connectivity index (χ3n) is 2.84. The zero-order valence-electron chi connectivity index (χ0n) is 14.1. The molecule has 0 aliphatic heterocycles. The molecule has 1 aromatic rings. The summed E-state index contributed by atoms with van der Waals surface area (Å²) in [5, 5.41) is 0.819. The van der Waals surface area contributed by atoms with E-state index in [1.165, 1.54) is 12.1 Å². The van der Waals surface area contributed by atoms with E-state index in [1.807, 2.05) is 0 Å². The largest absolute Gasteiger partial charge is 0.378 e. The summed E-state index contributed by atoms with van der Waals surface area (Å²) >= 11 is 3.27. The quantitative estimate of drug-likeness (QED) is 0.220. The molecule has 0 aromatic heterocycles. The van der Waals surface area contributed by atoms with Crippen LogP contribution in [0, 0.1) is 0 Å². The normalized spacial score (nSPS) is 11.7. The van der Waals surface area contributed by atoms with Gasteiger partial charge in [0.15, 0.2) is 0 Å². The Hall–Kier alpha value is -0.550. The molecule has 0 saturated heterocycles. The number of ether oxygens (including phenoxy) is 4. The van der Waals surface area contributed by atoms with Gasteiger partial charge < -0.3 is 18.9 Å². The van der Waals surface area contributed by atoms with Gasteiger partial charge in [0.2, 0.25) is 0 Å². The van der Waals surface area contributed by atoms with Gasteiger partial charge in [-0.2, -0.15) is 8.42 Å². The Bertz CT molecular complexity index is 525. The van der Waals surface area contributed by atoms with Crippen LogP contribution < -0.4 is 0 Å². The lowest BCUT2D eigenvalue weighted by Crippen LogP contribution is -2.15. The van der Waals surface area contributed by atoms with Crippen LogP contribution in [0.25, 0.3) is 0 Å². The summed E-state index contributed by atoms with van der Waals surface area (Å²) in [5.41, 5.74) is 0. The second-order valence-corrected chi connectivity index (χ2v) is 7.14. The minimum Gasteiger partial charge on any atom is -0.378 e. The predicted octanol–water partition coefficient (Wildman–Crippen LogP) is 1.85. The maximum Gasteiger partial charge on any atom is 0.297 e. The zero-order chi connectivity index (χ0) is 18.2. The predicted molar refractivity (Wildman–Crippen MR) is 96.6 cm³/mol. The van der Waals surface area contributed by atoms with Crippen LogP contribution in [0.3, 0.4) is 0 Å². The van der Waals surface area contributed by atoms with Crippen molar-refractivity contribution in [2.45, 2.75) is 4.90 Å². The topological polar surface area (TPSA) is 80.3 Å². The molecule has 0 unspecified atom stereocenters. The lowest BCUT2D eigenvalue weighted by atomic mass is 10.4. The maximum absolute atomic E-state index is 11.8. The van der Waals surface area contributed by atoms with Crippen LogP contribution in [-0.2, 0) is 33.2 Å². The van der Waals surface area contributed by atoms with Crippen LogP contribution in [-0.4, -0.2) is 73.2 Å². The molecule has 0 aliphatic carbocycles. The molecule has 0 aliphatic rings. The molecular formula is C16H25BrO7S. The highest BCUT2D eigenvalue weighted by Crippen LogP contribution is 2.10. The van der Waals surface area contributed by atoms with E-state index in [4.69, 9.17) is 23.1 Å². The van der Waals surface area contributed by atoms with Gasteiger partial charge in [-0.1, -0.05) is 34.1 Å². The molecule has 9 heteroatoms. The van der Waals surface area contributed by atoms with Gasteiger partial charge in [0.05, 0.1) is 64.4 Å². The van der Waals surface area contributed by atoms with Gasteiger partial charge in [-0.25, -0.2) is 0 Å². The van der Waals surface area contributed by atoms with Gasteiger partial charge in [-0.3, -0.25) is 4.18 Å². The first kappa shape index (κ1) is 22.5. The Morgan fingerprint density at radius 1 is 0.680 bits per heavy atom. The van der Waals surface area contributed by atoms with Crippen LogP contribution in [0.4, 0.5) is 0 Å². The number of benzene rings is 1. The summed E-state index contributed by atoms with van der Waals surface area (Å²) in [4.78, 5) is 0.135. The molecule has 7 nitrogen and oxygen atoms in total. The van der Waals surface area contributed by atoms with Crippen molar-refractivity contribution in [1.82, 2.24) is 0 Å². The summed E-state index contributed by atoms with van der Waals surface area (Å²) in [6.45, 7) is 3.68. The molecular weight excluding hydrogens is 416 g/mol. The van der Waals surface area contributed by atoms with Crippen molar-refractivity contribution >= 4 is 26.0 Å². The molecule has 0 saturated carbocycles. The fourth-order valence-corrected chi connectivity index (χ4v) is 2.82. The third-order valence-corrected chi connectivity index (χ3v) is 4.49. The average Bonchev–Trinajstić information content (AvgIpc) is 2.63. The van der Waals surface area contributed by atoms with E-state index >= 15 is 0 Å². The summed E-state index contributed by atoms with van der Waals surface area (Å²) in [7, 11) is -3.72. The fourth-order valence-electron chi connectivity index (χ4n) is 1.67. The van der Waals surface area contributed by atoms with Crippen molar-refractivity contribution in [2.24, 2.45) is 0 Å². The van der Waals surface area contributed by atoms with Crippen LogP contribution >= 0.6 is 15.9 Å². The van der Waals surface area contributed by atoms with Crippen LogP contribution in [0.5, 0.6) is 0 Å². The molecule has 144 valence electrons. The molecule has 1 rings (SSSR count). The van der Waals surface area contributed by atoms with Crippen molar-refractivity contribution in [2.75, 3.05) is 64.8 Å². The second-order valence-electron chi connectivity index (χ2n) is 4.73. The minimum absolute atomic E-state index is 0.0330. The molecule has 0 heterocycles. The molecule has 1 aromatic carbocycles. The molecule has 0 fully saturated rings. The molecule has 25 heavy (non-hydrogen) atoms. The van der Waals surface area contributed by atoms with E-state index < -0.39 is 10.1 Å². The molecule has 0 spiro atoms. The molecule has 0 N–H and O–H groups in total. The van der Waals surface area contributed by atoms with Gasteiger partial charge in [-0.05, 0) is 12.1 Å². The van der Waals surface area contributed by atoms with Crippen molar-refractivity contribution in [3.8, 4) is 0 Å². The maximum atomic E-state index is 11.8. The van der Waals surface area contributed by atoms with Gasteiger partial charge in [-0.15, -0.1) is 0 Å². The molecule has 0 bridgehead atoms. The van der Waals surface area contributed by atoms with E-state index in [1.54, 1.807) is 18.2 Å². The number of hydrogen-bond donors (Lipinski definition) is 0. The Kier molecular flexibility index (Phi) is 13.1. The summed E-state index contributed by atoms with van der Waals surface area (Å²) in [6.07, 6.45) is 0. The minimum atomic E-state index is -3.72. The highest BCUT2D eigenvalue weighted by atomic mass is 79.9. The first-order valence-corrected chi connectivity index (χ1v) is 10.5. The lowest BCUT2D eigenvalue weighted by molar-refractivity contribution is -0.00294. The molecule has 0 amide bonds.